The summed E-state index contributed by atoms with van der Waals surface area (Å²) in [7, 11) is 0. The minimum atomic E-state index is -0.291. The Hall–Kier alpha value is -0.880. The van der Waals surface area contributed by atoms with Crippen molar-refractivity contribution >= 4 is 15.9 Å². The van der Waals surface area contributed by atoms with E-state index in [0.717, 1.165) is 29.4 Å². The van der Waals surface area contributed by atoms with E-state index in [-0.39, 0.29) is 5.54 Å². The first kappa shape index (κ1) is 8.71. The zero-order valence-electron chi connectivity index (χ0n) is 7.13. The number of hydrogen-bond donors (Lipinski definition) is 0. The van der Waals surface area contributed by atoms with E-state index in [1.165, 1.54) is 0 Å². The smallest absolute Gasteiger partial charge is 0.274 e. The molecule has 1 aromatic rings. The summed E-state index contributed by atoms with van der Waals surface area (Å²) in [4.78, 5) is 7.98. The molecule has 0 unspecified atom stereocenters. The summed E-state index contributed by atoms with van der Waals surface area (Å²) in [5.74, 6) is 0. The largest absolute Gasteiger partial charge is 0.304 e. The normalized spacial score (nSPS) is 18.8. The standard InChI is InChI=1S/C10H9BrN2/c1-12-10(5-2-6-10)9-4-3-8(11)7-13-9/h3-4,7H,2,5-6H2. The van der Waals surface area contributed by atoms with Gasteiger partial charge in [-0.2, -0.15) is 0 Å². The number of hydrogen-bond acceptors (Lipinski definition) is 1. The minimum Gasteiger partial charge on any atom is -0.304 e. The number of aromatic nitrogens is 1. The Morgan fingerprint density at radius 3 is 2.62 bits per heavy atom. The van der Waals surface area contributed by atoms with Gasteiger partial charge in [-0.15, -0.1) is 0 Å². The van der Waals surface area contributed by atoms with Crippen molar-refractivity contribution in [2.45, 2.75) is 24.8 Å². The summed E-state index contributed by atoms with van der Waals surface area (Å²) in [6.07, 6.45) is 4.84. The third kappa shape index (κ3) is 1.36. The summed E-state index contributed by atoms with van der Waals surface area (Å²) in [5.41, 5.74) is 0.637. The predicted molar refractivity (Wildman–Crippen MR) is 54.1 cm³/mol. The first-order chi connectivity index (χ1) is 6.27. The topological polar surface area (TPSA) is 17.2 Å². The van der Waals surface area contributed by atoms with Gasteiger partial charge in [-0.1, -0.05) is 0 Å². The van der Waals surface area contributed by atoms with Gasteiger partial charge in [-0.05, 0) is 34.5 Å². The lowest BCUT2D eigenvalue weighted by atomic mass is 9.75. The van der Waals surface area contributed by atoms with E-state index < -0.39 is 0 Å². The Morgan fingerprint density at radius 2 is 2.23 bits per heavy atom. The van der Waals surface area contributed by atoms with E-state index >= 15 is 0 Å². The van der Waals surface area contributed by atoms with Crippen LogP contribution >= 0.6 is 15.9 Å². The third-order valence-corrected chi connectivity index (χ3v) is 3.07. The zero-order valence-corrected chi connectivity index (χ0v) is 8.71. The van der Waals surface area contributed by atoms with Gasteiger partial charge in [0, 0.05) is 23.5 Å². The molecule has 1 aliphatic carbocycles. The van der Waals surface area contributed by atoms with Crippen LogP contribution in [0.5, 0.6) is 0 Å². The molecule has 1 aliphatic rings. The van der Waals surface area contributed by atoms with Gasteiger partial charge in [0.05, 0.1) is 0 Å². The first-order valence-electron chi connectivity index (χ1n) is 4.27. The Balaban J connectivity index is 2.35. The van der Waals surface area contributed by atoms with Crippen LogP contribution < -0.4 is 0 Å². The van der Waals surface area contributed by atoms with Crippen LogP contribution in [0, 0.1) is 6.57 Å². The van der Waals surface area contributed by atoms with Gasteiger partial charge in [-0.3, -0.25) is 4.98 Å². The van der Waals surface area contributed by atoms with Gasteiger partial charge in [0.2, 0.25) is 0 Å². The molecule has 66 valence electrons. The fourth-order valence-corrected chi connectivity index (χ4v) is 1.82. The van der Waals surface area contributed by atoms with Crippen molar-refractivity contribution in [1.82, 2.24) is 4.98 Å². The number of halogens is 1. The second-order valence-electron chi connectivity index (χ2n) is 3.36. The Kier molecular flexibility index (Phi) is 2.09. The minimum absolute atomic E-state index is 0.291. The van der Waals surface area contributed by atoms with E-state index in [1.54, 1.807) is 6.20 Å². The highest BCUT2D eigenvalue weighted by atomic mass is 79.9. The van der Waals surface area contributed by atoms with Crippen LogP contribution in [0.25, 0.3) is 4.85 Å². The number of pyridine rings is 1. The molecular weight excluding hydrogens is 228 g/mol. The van der Waals surface area contributed by atoms with Crippen LogP contribution in [0.15, 0.2) is 22.8 Å². The van der Waals surface area contributed by atoms with E-state index in [4.69, 9.17) is 6.57 Å². The van der Waals surface area contributed by atoms with Crippen LogP contribution in [0.1, 0.15) is 25.0 Å². The average Bonchev–Trinajstić information content (AvgIpc) is 2.07. The van der Waals surface area contributed by atoms with Gasteiger partial charge in [0.15, 0.2) is 0 Å². The lowest BCUT2D eigenvalue weighted by Crippen LogP contribution is -2.31. The first-order valence-corrected chi connectivity index (χ1v) is 5.07. The van der Waals surface area contributed by atoms with Crippen molar-refractivity contribution in [3.05, 3.63) is 39.9 Å². The predicted octanol–water partition coefficient (Wildman–Crippen LogP) is 3.14. The molecule has 0 aromatic carbocycles. The third-order valence-electron chi connectivity index (χ3n) is 2.60. The van der Waals surface area contributed by atoms with Crippen LogP contribution in [0.2, 0.25) is 0 Å². The molecule has 0 bridgehead atoms. The maximum absolute atomic E-state index is 7.17. The molecule has 1 saturated carbocycles. The maximum Gasteiger partial charge on any atom is 0.274 e. The summed E-state index contributed by atoms with van der Waals surface area (Å²) in [6.45, 7) is 7.17. The van der Waals surface area contributed by atoms with Crippen molar-refractivity contribution in [3.8, 4) is 0 Å². The van der Waals surface area contributed by atoms with Gasteiger partial charge in [-0.25, -0.2) is 6.57 Å². The molecule has 0 amide bonds. The molecule has 13 heavy (non-hydrogen) atoms. The lowest BCUT2D eigenvalue weighted by Gasteiger charge is -2.29. The fraction of sp³-hybridized carbons (Fsp3) is 0.400. The fourth-order valence-electron chi connectivity index (χ4n) is 1.59. The molecule has 0 atom stereocenters. The molecule has 2 nitrogen and oxygen atoms in total. The summed E-state index contributed by atoms with van der Waals surface area (Å²) < 4.78 is 0.968. The lowest BCUT2D eigenvalue weighted by molar-refractivity contribution is 0.302. The molecular formula is C10H9BrN2. The molecule has 1 aromatic heterocycles. The van der Waals surface area contributed by atoms with E-state index in [2.05, 4.69) is 25.8 Å². The quantitative estimate of drug-likeness (QED) is 0.686. The second kappa shape index (κ2) is 3.12. The highest BCUT2D eigenvalue weighted by Crippen LogP contribution is 2.44. The van der Waals surface area contributed by atoms with Crippen LogP contribution in [0.4, 0.5) is 0 Å². The molecule has 0 aliphatic heterocycles. The van der Waals surface area contributed by atoms with Crippen molar-refractivity contribution < 1.29 is 0 Å². The second-order valence-corrected chi connectivity index (χ2v) is 4.27. The van der Waals surface area contributed by atoms with Gasteiger partial charge in [0.25, 0.3) is 5.54 Å². The molecule has 1 fully saturated rings. The van der Waals surface area contributed by atoms with Crippen LogP contribution in [0.3, 0.4) is 0 Å². The molecule has 3 heteroatoms. The van der Waals surface area contributed by atoms with Crippen molar-refractivity contribution in [2.24, 2.45) is 0 Å². The highest BCUT2D eigenvalue weighted by Gasteiger charge is 2.46. The molecule has 0 spiro atoms. The van der Waals surface area contributed by atoms with Gasteiger partial charge >= 0.3 is 0 Å². The molecule has 0 saturated heterocycles. The molecule has 1 heterocycles. The Morgan fingerprint density at radius 1 is 1.46 bits per heavy atom. The monoisotopic (exact) mass is 236 g/mol. The van der Waals surface area contributed by atoms with Gasteiger partial charge < -0.3 is 4.85 Å². The van der Waals surface area contributed by atoms with Crippen molar-refractivity contribution in [3.63, 3.8) is 0 Å². The van der Waals surface area contributed by atoms with E-state index in [9.17, 15) is 0 Å². The number of rotatable bonds is 1. The summed E-state index contributed by atoms with van der Waals surface area (Å²) >= 11 is 3.33. The highest BCUT2D eigenvalue weighted by molar-refractivity contribution is 9.10. The Labute approximate surface area is 85.9 Å². The average molecular weight is 237 g/mol. The SMILES string of the molecule is [C-]#[N+]C1(c2ccc(Br)cn2)CCC1. The van der Waals surface area contributed by atoms with Crippen molar-refractivity contribution in [1.29, 1.82) is 0 Å². The maximum atomic E-state index is 7.17. The number of nitrogens with zero attached hydrogens (tertiary/aromatic N) is 2. The molecule has 2 rings (SSSR count). The van der Waals surface area contributed by atoms with Crippen LogP contribution in [-0.2, 0) is 5.54 Å². The van der Waals surface area contributed by atoms with E-state index in [0.29, 0.717) is 0 Å². The van der Waals surface area contributed by atoms with Crippen molar-refractivity contribution in [2.75, 3.05) is 0 Å². The summed E-state index contributed by atoms with van der Waals surface area (Å²) in [5, 5.41) is 0. The molecule has 0 N–H and O–H groups in total. The van der Waals surface area contributed by atoms with Crippen LogP contribution in [-0.4, -0.2) is 4.98 Å². The zero-order chi connectivity index (χ0) is 9.31. The Bertz CT molecular complexity index is 346. The summed E-state index contributed by atoms with van der Waals surface area (Å²) in [6, 6.07) is 3.90. The van der Waals surface area contributed by atoms with Gasteiger partial charge in [0.1, 0.15) is 5.69 Å². The molecule has 0 radical (unpaired) electrons. The van der Waals surface area contributed by atoms with E-state index in [1.807, 2.05) is 12.1 Å².